The standard InChI is InChI=1S/C44H64FN7O2.C14H16N2O2.K.H2O/c1-9-21-50(22-10-2)30-35-14-23-52(24-15-35)44(53)37-27-32(4)43(39(45)29-37)36-16-25-51(26-17-36)33(5)42-28-31(3)40(13-20-48-49(42)7)46-19-12-41-38(11-18-47-41)34(6)54-8;1-4-10-6-7-12-13(8-10)15(3)14(18)16(12)11(5-2)9-17;;/h12-13,16,19-20,27-29,33-35,47-48H,3,9-11,14-15,17-18,21-26,30H2,1-2,4-8H3;6-8,11H,2,4-5H2,1,3H3;;1H2/q;-2;+1;/p-1/b19-12-,20-13-,42-28-,46-40+;;;. The number of halogens is 1. The molecule has 3 atom stereocenters. The minimum atomic E-state index is -0.617. The fourth-order valence-electron chi connectivity index (χ4n) is 10.5. The molecule has 3 unspecified atom stereocenters. The molecule has 3 N–H and O–H groups in total. The van der Waals surface area contributed by atoms with Crippen LogP contribution in [0.5, 0.6) is 0 Å². The van der Waals surface area contributed by atoms with Crippen LogP contribution in [0.15, 0.2) is 106 Å². The molecule has 5 heterocycles. The molecular formula is C58H81FKN9O5-2. The summed E-state index contributed by atoms with van der Waals surface area (Å²) < 4.78 is 24.5. The van der Waals surface area contributed by atoms with Crippen LogP contribution >= 0.6 is 0 Å². The first-order valence-corrected chi connectivity index (χ1v) is 26.1. The third kappa shape index (κ3) is 15.2. The van der Waals surface area contributed by atoms with Crippen molar-refractivity contribution in [1.29, 1.82) is 0 Å². The van der Waals surface area contributed by atoms with Gasteiger partial charge in [-0.15, -0.1) is 0 Å². The molecule has 0 spiro atoms. The summed E-state index contributed by atoms with van der Waals surface area (Å²) >= 11 is 0. The number of imidazole rings is 1. The Morgan fingerprint density at radius 2 is 1.78 bits per heavy atom. The Labute approximate surface area is 482 Å². The van der Waals surface area contributed by atoms with Crippen LogP contribution in [0, 0.1) is 25.6 Å². The summed E-state index contributed by atoms with van der Waals surface area (Å²) in [4.78, 5) is 48.3. The minimum absolute atomic E-state index is 0. The monoisotopic (exact) mass is 1040 g/mol. The topological polar surface area (TPSA) is 150 Å². The molecule has 0 radical (unpaired) electrons. The van der Waals surface area contributed by atoms with Crippen molar-refractivity contribution in [2.24, 2.45) is 18.0 Å². The van der Waals surface area contributed by atoms with Gasteiger partial charge in [0, 0.05) is 95.7 Å². The molecular weight excluding hydrogens is 961 g/mol. The number of aryl methyl sites for hydroxylation is 3. The number of carbonyl (C=O) groups is 1. The Morgan fingerprint density at radius 1 is 1.07 bits per heavy atom. The molecule has 0 saturated carbocycles. The number of ether oxygens (including phenoxy) is 1. The van der Waals surface area contributed by atoms with Gasteiger partial charge in [-0.25, -0.2) is 15.5 Å². The van der Waals surface area contributed by atoms with E-state index in [-0.39, 0.29) is 86.4 Å². The van der Waals surface area contributed by atoms with Crippen LogP contribution < -0.4 is 67.8 Å². The quantitative estimate of drug-likeness (QED) is 0.118. The zero-order chi connectivity index (χ0) is 52.1. The molecule has 16 heteroatoms. The first kappa shape index (κ1) is 62.3. The SMILES string of the molecule is C=C1/C=C(/C(C)N2CC=C(c3c(C)cc(C(=O)N4CCC(CN(CCC)CCC)CC4)cc3F)CC2)N(C)N\C=C/C1=N\C=C/C1=C(C(C)OC)CCN1.[CH2-]CC([C-]=O)n1c(=O)n(C)c2cc(CC)ccc21.[K+].[OH-]. The van der Waals surface area contributed by atoms with Gasteiger partial charge in [-0.05, 0) is 155 Å². The fraction of sp³-hybridized carbons (Fsp3) is 0.500. The number of hydrogen-bond donors (Lipinski definition) is 2. The molecule has 1 saturated heterocycles. The maximum absolute atomic E-state index is 15.9. The molecule has 7 rings (SSSR count). The Hall–Kier alpha value is -4.23. The Kier molecular flexibility index (Phi) is 25.2. The number of nitrogens with zero attached hydrogens (tertiary/aromatic N) is 7. The number of hydrazine groups is 1. The predicted octanol–water partition coefficient (Wildman–Crippen LogP) is 5.83. The van der Waals surface area contributed by atoms with Crippen molar-refractivity contribution >= 4 is 34.5 Å². The van der Waals surface area contributed by atoms with Gasteiger partial charge in [-0.2, -0.15) is 6.42 Å². The zero-order valence-corrected chi connectivity index (χ0v) is 49.1. The molecule has 2 aromatic carbocycles. The Balaban J connectivity index is 0.000000499. The largest absolute Gasteiger partial charge is 1.00 e. The number of allylic oxidation sites excluding steroid dienone is 4. The van der Waals surface area contributed by atoms with E-state index in [0.29, 0.717) is 36.4 Å². The molecule has 14 nitrogen and oxygen atoms in total. The molecule has 1 amide bonds. The number of piperidine rings is 1. The van der Waals surface area contributed by atoms with E-state index in [2.05, 4.69) is 80.8 Å². The smallest absolute Gasteiger partial charge is 0.870 e. The second kappa shape index (κ2) is 29.9. The van der Waals surface area contributed by atoms with Crippen molar-refractivity contribution in [2.45, 2.75) is 111 Å². The van der Waals surface area contributed by atoms with Crippen LogP contribution in [0.1, 0.15) is 113 Å². The summed E-state index contributed by atoms with van der Waals surface area (Å²) in [6, 6.07) is 8.64. The van der Waals surface area contributed by atoms with E-state index in [1.54, 1.807) is 18.7 Å². The van der Waals surface area contributed by atoms with Crippen LogP contribution in [0.4, 0.5) is 4.39 Å². The van der Waals surface area contributed by atoms with Gasteiger partial charge in [0.1, 0.15) is 5.82 Å². The molecule has 4 aliphatic heterocycles. The molecule has 0 bridgehead atoms. The third-order valence-corrected chi connectivity index (χ3v) is 14.8. The summed E-state index contributed by atoms with van der Waals surface area (Å²) in [5.74, 6) is 0.245. The molecule has 1 fully saturated rings. The van der Waals surface area contributed by atoms with Crippen LogP contribution in [-0.4, -0.2) is 131 Å². The number of carbonyl (C=O) groups excluding carboxylic acids is 2. The van der Waals surface area contributed by atoms with Crippen molar-refractivity contribution in [3.05, 3.63) is 142 Å². The van der Waals surface area contributed by atoms with Crippen molar-refractivity contribution < 1.29 is 75.6 Å². The normalized spacial score (nSPS) is 19.6. The second-order valence-corrected chi connectivity index (χ2v) is 19.6. The average Bonchev–Trinajstić information content (AvgIpc) is 3.95. The van der Waals surface area contributed by atoms with Gasteiger partial charge in [-0.3, -0.25) is 24.3 Å². The number of fused-ring (bicyclic) bond motifs is 1. The summed E-state index contributed by atoms with van der Waals surface area (Å²) in [5.41, 5.74) is 13.8. The van der Waals surface area contributed by atoms with Crippen molar-refractivity contribution in [3.63, 3.8) is 0 Å². The molecule has 74 heavy (non-hydrogen) atoms. The van der Waals surface area contributed by atoms with E-state index in [1.165, 1.54) is 29.0 Å². The van der Waals surface area contributed by atoms with Crippen LogP contribution in [0.2, 0.25) is 0 Å². The molecule has 1 aromatic heterocycles. The fourth-order valence-corrected chi connectivity index (χ4v) is 10.5. The second-order valence-electron chi connectivity index (χ2n) is 19.6. The van der Waals surface area contributed by atoms with E-state index in [0.717, 1.165) is 122 Å². The number of hydrogen-bond acceptors (Lipinski definition) is 11. The number of aromatic nitrogens is 2. The number of benzene rings is 2. The number of rotatable bonds is 18. The van der Waals surface area contributed by atoms with Crippen LogP contribution in [0.25, 0.3) is 16.6 Å². The van der Waals surface area contributed by atoms with Gasteiger partial charge in [0.05, 0.1) is 28.5 Å². The van der Waals surface area contributed by atoms with E-state index in [1.807, 2.05) is 79.0 Å². The van der Waals surface area contributed by atoms with E-state index in [9.17, 15) is 14.4 Å². The summed E-state index contributed by atoms with van der Waals surface area (Å²) in [7, 11) is 5.45. The Morgan fingerprint density at radius 3 is 2.39 bits per heavy atom. The molecule has 4 aliphatic rings. The number of aliphatic imine (C=N–C) groups is 1. The van der Waals surface area contributed by atoms with Gasteiger partial charge < -0.3 is 47.0 Å². The van der Waals surface area contributed by atoms with Gasteiger partial charge in [0.15, 0.2) is 0 Å². The molecule has 398 valence electrons. The van der Waals surface area contributed by atoms with Crippen LogP contribution in [-0.2, 0) is 23.0 Å². The maximum atomic E-state index is 15.9. The first-order valence-electron chi connectivity index (χ1n) is 26.1. The molecule has 0 aliphatic carbocycles. The number of amides is 1. The van der Waals surface area contributed by atoms with E-state index in [4.69, 9.17) is 9.73 Å². The van der Waals surface area contributed by atoms with Gasteiger partial charge in [0.2, 0.25) is 0 Å². The number of methoxy groups -OCH3 is 1. The van der Waals surface area contributed by atoms with Gasteiger partial charge in [-0.1, -0.05) is 45.5 Å². The van der Waals surface area contributed by atoms with E-state index < -0.39 is 6.04 Å². The minimum Gasteiger partial charge on any atom is -0.870 e. The summed E-state index contributed by atoms with van der Waals surface area (Å²) in [5, 5.41) is 5.45. The zero-order valence-electron chi connectivity index (χ0n) is 46.0. The van der Waals surface area contributed by atoms with E-state index >= 15 is 4.39 Å². The molecule has 3 aromatic rings. The predicted molar refractivity (Wildman–Crippen MR) is 294 cm³/mol. The number of likely N-dealkylation sites (N-methyl/N-ethyl adjacent to an activating group) is 1. The van der Waals surface area contributed by atoms with Crippen molar-refractivity contribution in [2.75, 3.05) is 66.5 Å². The summed E-state index contributed by atoms with van der Waals surface area (Å²) in [6.07, 6.45) is 21.1. The first-order chi connectivity index (χ1) is 34.7. The third-order valence-electron chi connectivity index (χ3n) is 14.8. The average molecular weight is 1040 g/mol. The van der Waals surface area contributed by atoms with Gasteiger partial charge >= 0.3 is 57.1 Å². The van der Waals surface area contributed by atoms with Crippen LogP contribution in [0.3, 0.4) is 0 Å². The number of nitrogens with one attached hydrogen (secondary N) is 2. The Bertz CT molecular complexity index is 2630. The number of likely N-dealkylation sites (tertiary alicyclic amines) is 1. The summed E-state index contributed by atoms with van der Waals surface area (Å²) in [6.45, 7) is 28.0. The maximum Gasteiger partial charge on any atom is 1.00 e. The van der Waals surface area contributed by atoms with Crippen molar-refractivity contribution in [1.82, 2.24) is 39.6 Å². The van der Waals surface area contributed by atoms with Gasteiger partial charge in [0.25, 0.3) is 5.91 Å². The van der Waals surface area contributed by atoms with Crippen molar-refractivity contribution in [3.8, 4) is 0 Å².